The van der Waals surface area contributed by atoms with E-state index in [-0.39, 0.29) is 29.3 Å². The molecule has 0 radical (unpaired) electrons. The molecule has 0 aliphatic heterocycles. The average Bonchev–Trinajstić information content (AvgIpc) is 2.72. The van der Waals surface area contributed by atoms with Crippen molar-refractivity contribution in [2.75, 3.05) is 6.54 Å². The first kappa shape index (κ1) is 16.8. The number of carbonyl (C=O) groups excluding carboxylic acids is 1. The van der Waals surface area contributed by atoms with Crippen LogP contribution in [0.1, 0.15) is 59.8 Å². The van der Waals surface area contributed by atoms with E-state index in [0.717, 1.165) is 12.8 Å². The Kier molecular flexibility index (Phi) is 5.42. The third-order valence-electron chi connectivity index (χ3n) is 4.22. The molecule has 20 heavy (non-hydrogen) atoms. The van der Waals surface area contributed by atoms with E-state index >= 15 is 0 Å². The summed E-state index contributed by atoms with van der Waals surface area (Å²) in [6, 6.07) is -0.643. The number of urea groups is 1. The Hall–Kier alpha value is -1.26. The van der Waals surface area contributed by atoms with E-state index in [1.807, 2.05) is 20.8 Å². The molecule has 1 saturated carbocycles. The van der Waals surface area contributed by atoms with E-state index in [4.69, 9.17) is 5.11 Å². The zero-order chi connectivity index (χ0) is 15.4. The van der Waals surface area contributed by atoms with Gasteiger partial charge in [-0.3, -0.25) is 4.79 Å². The zero-order valence-corrected chi connectivity index (χ0v) is 13.1. The molecule has 1 unspecified atom stereocenters. The minimum atomic E-state index is -0.895. The third kappa shape index (κ3) is 5.39. The highest BCUT2D eigenvalue weighted by atomic mass is 16.4. The Morgan fingerprint density at radius 2 is 1.80 bits per heavy atom. The summed E-state index contributed by atoms with van der Waals surface area (Å²) in [5, 5.41) is 14.6. The lowest BCUT2D eigenvalue weighted by molar-refractivity contribution is -0.138. The minimum Gasteiger partial charge on any atom is -0.481 e. The molecular weight excluding hydrogens is 256 g/mol. The molecule has 0 spiro atoms. The first-order chi connectivity index (χ1) is 9.12. The van der Waals surface area contributed by atoms with E-state index < -0.39 is 5.97 Å². The molecule has 116 valence electrons. The number of carboxylic acids is 1. The van der Waals surface area contributed by atoms with Crippen molar-refractivity contribution in [2.24, 2.45) is 10.8 Å². The lowest BCUT2D eigenvalue weighted by Gasteiger charge is -2.31. The Labute approximate surface area is 121 Å². The quantitative estimate of drug-likeness (QED) is 0.726. The van der Waals surface area contributed by atoms with Gasteiger partial charge in [-0.2, -0.15) is 0 Å². The summed E-state index contributed by atoms with van der Waals surface area (Å²) in [6.07, 6.45) is 4.68. The monoisotopic (exact) mass is 284 g/mol. The smallest absolute Gasteiger partial charge is 0.315 e. The number of carboxylic acid groups (broad SMARTS) is 1. The fourth-order valence-corrected chi connectivity index (χ4v) is 2.66. The maximum atomic E-state index is 12.0. The van der Waals surface area contributed by atoms with Gasteiger partial charge < -0.3 is 15.7 Å². The lowest BCUT2D eigenvalue weighted by Crippen LogP contribution is -2.50. The number of hydrogen-bond donors (Lipinski definition) is 3. The van der Waals surface area contributed by atoms with E-state index in [2.05, 4.69) is 17.6 Å². The Balaban J connectivity index is 2.47. The predicted molar refractivity (Wildman–Crippen MR) is 78.6 cm³/mol. The third-order valence-corrected chi connectivity index (χ3v) is 4.22. The molecule has 1 rings (SSSR count). The number of hydrogen-bond acceptors (Lipinski definition) is 2. The Morgan fingerprint density at radius 3 is 2.25 bits per heavy atom. The maximum Gasteiger partial charge on any atom is 0.315 e. The van der Waals surface area contributed by atoms with Crippen molar-refractivity contribution in [3.63, 3.8) is 0 Å². The second-order valence-electron chi connectivity index (χ2n) is 7.36. The van der Waals surface area contributed by atoms with Gasteiger partial charge in [0.15, 0.2) is 0 Å². The summed E-state index contributed by atoms with van der Waals surface area (Å²) in [5.74, 6) is -0.895. The lowest BCUT2D eigenvalue weighted by atomic mass is 9.85. The number of aliphatic carboxylic acids is 1. The van der Waals surface area contributed by atoms with Crippen LogP contribution in [0.3, 0.4) is 0 Å². The Morgan fingerprint density at radius 1 is 1.25 bits per heavy atom. The standard InChI is InChI=1S/C15H28N2O3/c1-14(2,3)11(9-12(18)19)17-13(20)16-10-15(4)7-5-6-8-15/h11H,5-10H2,1-4H3,(H,18,19)(H2,16,17,20). The van der Waals surface area contributed by atoms with Crippen LogP contribution in [0, 0.1) is 10.8 Å². The molecule has 5 heteroatoms. The largest absolute Gasteiger partial charge is 0.481 e. The fraction of sp³-hybridized carbons (Fsp3) is 0.867. The van der Waals surface area contributed by atoms with Crippen LogP contribution in [0.15, 0.2) is 0 Å². The fourth-order valence-electron chi connectivity index (χ4n) is 2.66. The molecule has 1 fully saturated rings. The van der Waals surface area contributed by atoms with Gasteiger partial charge in [0.1, 0.15) is 0 Å². The maximum absolute atomic E-state index is 12.0. The number of nitrogens with one attached hydrogen (secondary N) is 2. The van der Waals surface area contributed by atoms with Crippen LogP contribution >= 0.6 is 0 Å². The van der Waals surface area contributed by atoms with Crippen molar-refractivity contribution in [1.82, 2.24) is 10.6 Å². The van der Waals surface area contributed by atoms with Crippen LogP contribution < -0.4 is 10.6 Å². The van der Waals surface area contributed by atoms with E-state index in [0.29, 0.717) is 6.54 Å². The van der Waals surface area contributed by atoms with Crippen molar-refractivity contribution in [3.05, 3.63) is 0 Å². The van der Waals surface area contributed by atoms with E-state index in [9.17, 15) is 9.59 Å². The van der Waals surface area contributed by atoms with Crippen molar-refractivity contribution in [3.8, 4) is 0 Å². The highest BCUT2D eigenvalue weighted by Gasteiger charge is 2.31. The Bertz CT molecular complexity index is 355. The normalized spacial score (nSPS) is 19.4. The highest BCUT2D eigenvalue weighted by Crippen LogP contribution is 2.36. The van der Waals surface area contributed by atoms with E-state index in [1.165, 1.54) is 12.8 Å². The van der Waals surface area contributed by atoms with Crippen LogP contribution in [0.5, 0.6) is 0 Å². The van der Waals surface area contributed by atoms with Crippen molar-refractivity contribution in [2.45, 2.75) is 65.8 Å². The van der Waals surface area contributed by atoms with Crippen molar-refractivity contribution >= 4 is 12.0 Å². The average molecular weight is 284 g/mol. The predicted octanol–water partition coefficient (Wildman–Crippen LogP) is 2.76. The topological polar surface area (TPSA) is 78.4 Å². The SMILES string of the molecule is CC1(CNC(=O)NC(CC(=O)O)C(C)(C)C)CCCC1. The number of carbonyl (C=O) groups is 2. The molecule has 1 atom stereocenters. The van der Waals surface area contributed by atoms with Gasteiger partial charge in [0, 0.05) is 12.6 Å². The van der Waals surface area contributed by atoms with Crippen LogP contribution in [-0.4, -0.2) is 29.7 Å². The molecular formula is C15H28N2O3. The molecule has 0 aromatic carbocycles. The van der Waals surface area contributed by atoms with Gasteiger partial charge in [-0.05, 0) is 23.7 Å². The second kappa shape index (κ2) is 6.46. The summed E-state index contributed by atoms with van der Waals surface area (Å²) >= 11 is 0. The summed E-state index contributed by atoms with van der Waals surface area (Å²) in [6.45, 7) is 8.64. The molecule has 1 aliphatic rings. The minimum absolute atomic E-state index is 0.0613. The van der Waals surface area contributed by atoms with Gasteiger partial charge in [0.25, 0.3) is 0 Å². The van der Waals surface area contributed by atoms with Gasteiger partial charge in [0.05, 0.1) is 6.42 Å². The molecule has 3 N–H and O–H groups in total. The van der Waals surface area contributed by atoms with Gasteiger partial charge in [-0.25, -0.2) is 4.79 Å². The van der Waals surface area contributed by atoms with Crippen molar-refractivity contribution < 1.29 is 14.7 Å². The molecule has 0 saturated heterocycles. The molecule has 0 heterocycles. The van der Waals surface area contributed by atoms with Gasteiger partial charge in [-0.1, -0.05) is 40.5 Å². The summed E-state index contributed by atoms with van der Waals surface area (Å²) < 4.78 is 0. The summed E-state index contributed by atoms with van der Waals surface area (Å²) in [5.41, 5.74) is -0.0889. The molecule has 0 bridgehead atoms. The first-order valence-electron chi connectivity index (χ1n) is 7.39. The van der Waals surface area contributed by atoms with Crippen LogP contribution in [0.2, 0.25) is 0 Å². The summed E-state index contributed by atoms with van der Waals surface area (Å²) in [4.78, 5) is 22.8. The van der Waals surface area contributed by atoms with Crippen LogP contribution in [-0.2, 0) is 4.79 Å². The molecule has 2 amide bonds. The molecule has 5 nitrogen and oxygen atoms in total. The second-order valence-corrected chi connectivity index (χ2v) is 7.36. The van der Waals surface area contributed by atoms with Crippen LogP contribution in [0.4, 0.5) is 4.79 Å². The number of amides is 2. The van der Waals surface area contributed by atoms with Crippen LogP contribution in [0.25, 0.3) is 0 Å². The first-order valence-corrected chi connectivity index (χ1v) is 7.39. The highest BCUT2D eigenvalue weighted by molar-refractivity contribution is 5.75. The molecule has 1 aliphatic carbocycles. The van der Waals surface area contributed by atoms with Gasteiger partial charge >= 0.3 is 12.0 Å². The molecule has 0 aromatic rings. The number of rotatable bonds is 5. The van der Waals surface area contributed by atoms with Gasteiger partial charge in [0.2, 0.25) is 0 Å². The molecule has 0 aromatic heterocycles. The van der Waals surface area contributed by atoms with Gasteiger partial charge in [-0.15, -0.1) is 0 Å². The summed E-state index contributed by atoms with van der Waals surface area (Å²) in [7, 11) is 0. The van der Waals surface area contributed by atoms with E-state index in [1.54, 1.807) is 0 Å². The van der Waals surface area contributed by atoms with Crippen molar-refractivity contribution in [1.29, 1.82) is 0 Å². The zero-order valence-electron chi connectivity index (χ0n) is 13.1.